The van der Waals surface area contributed by atoms with Gasteiger partial charge in [-0.25, -0.2) is 4.98 Å². The quantitative estimate of drug-likeness (QED) is 0.738. The van der Waals surface area contributed by atoms with Gasteiger partial charge in [-0.05, 0) is 50.6 Å². The van der Waals surface area contributed by atoms with Gasteiger partial charge in [-0.1, -0.05) is 0 Å². The van der Waals surface area contributed by atoms with Gasteiger partial charge in [-0.2, -0.15) is 0 Å². The van der Waals surface area contributed by atoms with Crippen molar-refractivity contribution in [3.05, 3.63) is 34.9 Å². The predicted octanol–water partition coefficient (Wildman–Crippen LogP) is 0.564. The van der Waals surface area contributed by atoms with Gasteiger partial charge in [-0.15, -0.1) is 0 Å². The number of piperidine rings is 2. The molecule has 5 rings (SSSR count). The van der Waals surface area contributed by atoms with Crippen LogP contribution in [0.2, 0.25) is 0 Å². The first-order chi connectivity index (χ1) is 13.5. The maximum atomic E-state index is 12.9. The van der Waals surface area contributed by atoms with E-state index in [9.17, 15) is 14.4 Å². The second-order valence-electron chi connectivity index (χ2n) is 8.23. The number of benzene rings is 1. The van der Waals surface area contributed by atoms with Crippen LogP contribution in [0.15, 0.2) is 29.3 Å². The van der Waals surface area contributed by atoms with Gasteiger partial charge >= 0.3 is 0 Å². The lowest BCUT2D eigenvalue weighted by atomic mass is 9.72. The largest absolute Gasteiger partial charge is 0.370 e. The summed E-state index contributed by atoms with van der Waals surface area (Å²) in [7, 11) is 0. The molecule has 0 saturated carbocycles. The highest BCUT2D eigenvalue weighted by molar-refractivity contribution is 5.99. The molecule has 1 spiro atoms. The lowest BCUT2D eigenvalue weighted by molar-refractivity contribution is -0.135. The van der Waals surface area contributed by atoms with Crippen LogP contribution >= 0.6 is 0 Å². The number of imide groups is 1. The maximum Gasteiger partial charge on any atom is 0.261 e. The van der Waals surface area contributed by atoms with Crippen molar-refractivity contribution in [2.24, 2.45) is 5.41 Å². The number of nitrogens with zero attached hydrogens (tertiary/aromatic N) is 3. The monoisotopic (exact) mass is 381 g/mol. The summed E-state index contributed by atoms with van der Waals surface area (Å²) >= 11 is 0. The molecule has 2 aromatic rings. The second kappa shape index (κ2) is 6.41. The Morgan fingerprint density at radius 1 is 1.11 bits per heavy atom. The number of carbonyl (C=O) groups is 2. The first-order valence-corrected chi connectivity index (χ1v) is 9.85. The van der Waals surface area contributed by atoms with Crippen LogP contribution in [0, 0.1) is 5.41 Å². The summed E-state index contributed by atoms with van der Waals surface area (Å²) in [5.74, 6) is -0.738. The minimum atomic E-state index is -0.683. The third-order valence-electron chi connectivity index (χ3n) is 6.40. The molecule has 1 atom stereocenters. The van der Waals surface area contributed by atoms with Crippen LogP contribution in [0.25, 0.3) is 10.9 Å². The molecule has 3 aliphatic rings. The number of carbonyl (C=O) groups excluding carboxylic acids is 2. The lowest BCUT2D eigenvalue weighted by Crippen LogP contribution is -2.60. The highest BCUT2D eigenvalue weighted by atomic mass is 16.2. The number of fused-ring (bicyclic) bond motifs is 1. The van der Waals surface area contributed by atoms with Crippen molar-refractivity contribution < 1.29 is 9.59 Å². The third kappa shape index (κ3) is 2.79. The van der Waals surface area contributed by atoms with Crippen LogP contribution < -0.4 is 21.1 Å². The van der Waals surface area contributed by atoms with Gasteiger partial charge in [0.2, 0.25) is 11.8 Å². The zero-order chi connectivity index (χ0) is 19.3. The van der Waals surface area contributed by atoms with Gasteiger partial charge in [-0.3, -0.25) is 24.3 Å². The van der Waals surface area contributed by atoms with Crippen LogP contribution in [0.1, 0.15) is 31.7 Å². The Morgan fingerprint density at radius 3 is 2.64 bits per heavy atom. The van der Waals surface area contributed by atoms with Crippen molar-refractivity contribution in [1.29, 1.82) is 0 Å². The second-order valence-corrected chi connectivity index (χ2v) is 8.23. The van der Waals surface area contributed by atoms with Crippen LogP contribution in [-0.4, -0.2) is 47.5 Å². The topological polar surface area (TPSA) is 96.3 Å². The molecule has 3 aliphatic heterocycles. The average molecular weight is 381 g/mol. The maximum absolute atomic E-state index is 12.9. The first kappa shape index (κ1) is 17.4. The Morgan fingerprint density at radius 2 is 1.89 bits per heavy atom. The molecule has 4 heterocycles. The molecule has 2 amide bonds. The Balaban J connectivity index is 1.40. The summed E-state index contributed by atoms with van der Waals surface area (Å²) < 4.78 is 1.34. The Hall–Kier alpha value is -2.74. The zero-order valence-electron chi connectivity index (χ0n) is 15.6. The fraction of sp³-hybridized carbons (Fsp3) is 0.500. The first-order valence-electron chi connectivity index (χ1n) is 9.85. The van der Waals surface area contributed by atoms with Gasteiger partial charge in [0, 0.05) is 30.6 Å². The van der Waals surface area contributed by atoms with Gasteiger partial charge in [0.1, 0.15) is 6.04 Å². The fourth-order valence-corrected chi connectivity index (χ4v) is 4.71. The van der Waals surface area contributed by atoms with Gasteiger partial charge in [0.25, 0.3) is 5.56 Å². The molecule has 1 aromatic carbocycles. The van der Waals surface area contributed by atoms with Gasteiger partial charge in [0.05, 0.1) is 17.2 Å². The van der Waals surface area contributed by atoms with Gasteiger partial charge < -0.3 is 10.2 Å². The molecule has 8 nitrogen and oxygen atoms in total. The summed E-state index contributed by atoms with van der Waals surface area (Å²) in [5.41, 5.74) is 1.91. The normalized spacial score (nSPS) is 24.3. The third-order valence-corrected chi connectivity index (χ3v) is 6.40. The Kier molecular flexibility index (Phi) is 3.97. The van der Waals surface area contributed by atoms with E-state index in [1.54, 1.807) is 6.07 Å². The van der Waals surface area contributed by atoms with Crippen molar-refractivity contribution in [3.8, 4) is 0 Å². The highest BCUT2D eigenvalue weighted by Gasteiger charge is 2.43. The molecule has 1 aromatic heterocycles. The minimum Gasteiger partial charge on any atom is -0.370 e. The Bertz CT molecular complexity index is 1020. The molecular formula is C20H23N5O3. The van der Waals surface area contributed by atoms with E-state index in [0.29, 0.717) is 22.7 Å². The number of aromatic nitrogens is 2. The van der Waals surface area contributed by atoms with Crippen LogP contribution in [-0.2, 0) is 9.59 Å². The number of rotatable bonds is 2. The zero-order valence-corrected chi connectivity index (χ0v) is 15.6. The van der Waals surface area contributed by atoms with Crippen molar-refractivity contribution in [2.45, 2.75) is 31.7 Å². The minimum absolute atomic E-state index is 0.228. The molecule has 2 N–H and O–H groups in total. The van der Waals surface area contributed by atoms with E-state index in [4.69, 9.17) is 0 Å². The van der Waals surface area contributed by atoms with Crippen molar-refractivity contribution in [3.63, 3.8) is 0 Å². The summed E-state index contributed by atoms with van der Waals surface area (Å²) in [5, 5.41) is 6.21. The Labute approximate surface area is 161 Å². The summed E-state index contributed by atoms with van der Waals surface area (Å²) in [6, 6.07) is 5.04. The molecule has 0 radical (unpaired) electrons. The number of amides is 2. The van der Waals surface area contributed by atoms with Crippen LogP contribution in [0.3, 0.4) is 0 Å². The number of anilines is 1. The van der Waals surface area contributed by atoms with Gasteiger partial charge in [0.15, 0.2) is 0 Å². The van der Waals surface area contributed by atoms with E-state index in [1.807, 2.05) is 12.1 Å². The molecule has 28 heavy (non-hydrogen) atoms. The highest BCUT2D eigenvalue weighted by Crippen LogP contribution is 2.41. The van der Waals surface area contributed by atoms with E-state index in [1.165, 1.54) is 23.7 Å². The van der Waals surface area contributed by atoms with E-state index in [0.717, 1.165) is 31.9 Å². The molecule has 1 unspecified atom stereocenters. The van der Waals surface area contributed by atoms with E-state index in [-0.39, 0.29) is 17.9 Å². The molecule has 146 valence electrons. The van der Waals surface area contributed by atoms with Crippen molar-refractivity contribution in [2.75, 3.05) is 31.1 Å². The molecule has 3 fully saturated rings. The molecular weight excluding hydrogens is 358 g/mol. The summed E-state index contributed by atoms with van der Waals surface area (Å²) in [6.07, 6.45) is 4.41. The summed E-state index contributed by atoms with van der Waals surface area (Å²) in [4.78, 5) is 43.1. The number of hydrogen-bond acceptors (Lipinski definition) is 6. The molecule has 3 saturated heterocycles. The van der Waals surface area contributed by atoms with Crippen molar-refractivity contribution in [1.82, 2.24) is 20.2 Å². The van der Waals surface area contributed by atoms with Crippen molar-refractivity contribution >= 4 is 28.4 Å². The SMILES string of the molecule is O=C1CCC(n2cnc3cc(N4CC5(CCNCC5)C4)ccc3c2=O)C(=O)N1. The number of nitrogens with one attached hydrogen (secondary N) is 2. The molecule has 0 bridgehead atoms. The fourth-order valence-electron chi connectivity index (χ4n) is 4.71. The van der Waals surface area contributed by atoms with Crippen LogP contribution in [0.5, 0.6) is 0 Å². The molecule has 0 aliphatic carbocycles. The smallest absolute Gasteiger partial charge is 0.261 e. The van der Waals surface area contributed by atoms with Crippen LogP contribution in [0.4, 0.5) is 5.69 Å². The predicted molar refractivity (Wildman–Crippen MR) is 104 cm³/mol. The molecule has 8 heteroatoms. The lowest BCUT2D eigenvalue weighted by Gasteiger charge is -2.53. The summed E-state index contributed by atoms with van der Waals surface area (Å²) in [6.45, 7) is 4.28. The van der Waals surface area contributed by atoms with E-state index in [2.05, 4.69) is 20.5 Å². The van der Waals surface area contributed by atoms with E-state index < -0.39 is 11.9 Å². The standard InChI is InChI=1S/C20H23N5O3/c26-17-4-3-16(18(27)23-17)25-12-22-15-9-13(1-2-14(15)19(25)28)24-10-20(11-24)5-7-21-8-6-20/h1-2,9,12,16,21H,3-8,10-11H2,(H,23,26,27). The average Bonchev–Trinajstić information content (AvgIpc) is 2.67. The van der Waals surface area contributed by atoms with E-state index >= 15 is 0 Å². The number of hydrogen-bond donors (Lipinski definition) is 2.